The van der Waals surface area contributed by atoms with Gasteiger partial charge in [0.25, 0.3) is 0 Å². The van der Waals surface area contributed by atoms with Crippen molar-refractivity contribution in [2.45, 2.75) is 20.1 Å². The zero-order chi connectivity index (χ0) is 27.6. The van der Waals surface area contributed by atoms with Gasteiger partial charge in [0.1, 0.15) is 5.82 Å². The van der Waals surface area contributed by atoms with Gasteiger partial charge in [0, 0.05) is 42.4 Å². The molecule has 4 aromatic rings. The molecule has 0 radical (unpaired) electrons. The molecule has 0 spiro atoms. The average molecular weight is 539 g/mol. The highest BCUT2D eigenvalue weighted by Crippen LogP contribution is 2.35. The predicted molar refractivity (Wildman–Crippen MR) is 136 cm³/mol. The Morgan fingerprint density at radius 2 is 1.79 bits per heavy atom. The van der Waals surface area contributed by atoms with Gasteiger partial charge in [-0.1, -0.05) is 6.92 Å². The number of anilines is 2. The molecule has 9 nitrogen and oxygen atoms in total. The van der Waals surface area contributed by atoms with Gasteiger partial charge in [-0.2, -0.15) is 0 Å². The van der Waals surface area contributed by atoms with E-state index in [2.05, 4.69) is 25.6 Å². The molecule has 1 saturated heterocycles. The van der Waals surface area contributed by atoms with Crippen molar-refractivity contribution in [3.05, 3.63) is 78.0 Å². The smallest absolute Gasteiger partial charge is 0.227 e. The van der Waals surface area contributed by atoms with Crippen LogP contribution in [0.1, 0.15) is 26.0 Å². The van der Waals surface area contributed by atoms with Crippen LogP contribution >= 0.6 is 0 Å². The number of hydrogen-bond acceptors (Lipinski definition) is 7. The SMILES string of the molecule is CC(=O)NCC1(C)COC(c2nc(-c3ccc(F)cc3)c(-c3ccnc(Nc4ccc(F)c(F)c4)n3)[nH]2)OC1. The molecule has 39 heavy (non-hydrogen) atoms. The molecule has 0 bridgehead atoms. The fourth-order valence-corrected chi connectivity index (χ4v) is 4.01. The van der Waals surface area contributed by atoms with Crippen molar-refractivity contribution < 1.29 is 27.4 Å². The van der Waals surface area contributed by atoms with Crippen LogP contribution in [-0.4, -0.2) is 45.6 Å². The number of carbonyl (C=O) groups excluding carboxylic acids is 1. The molecular formula is C27H25F3N6O3. The number of nitrogens with one attached hydrogen (secondary N) is 3. The van der Waals surface area contributed by atoms with Crippen LogP contribution in [0.2, 0.25) is 0 Å². The van der Waals surface area contributed by atoms with Gasteiger partial charge < -0.3 is 25.1 Å². The molecule has 5 rings (SSSR count). The summed E-state index contributed by atoms with van der Waals surface area (Å²) in [6.07, 6.45) is 0.686. The lowest BCUT2D eigenvalue weighted by Crippen LogP contribution is -2.45. The fourth-order valence-electron chi connectivity index (χ4n) is 4.01. The van der Waals surface area contributed by atoms with E-state index < -0.39 is 29.2 Å². The number of nitrogens with zero attached hydrogens (tertiary/aromatic N) is 3. The summed E-state index contributed by atoms with van der Waals surface area (Å²) in [7, 11) is 0. The predicted octanol–water partition coefficient (Wildman–Crippen LogP) is 4.88. The summed E-state index contributed by atoms with van der Waals surface area (Å²) in [6, 6.07) is 10.8. The molecule has 0 atom stereocenters. The van der Waals surface area contributed by atoms with Crippen LogP contribution in [0.5, 0.6) is 0 Å². The first-order chi connectivity index (χ1) is 18.7. The highest BCUT2D eigenvalue weighted by molar-refractivity contribution is 5.77. The number of aromatic amines is 1. The van der Waals surface area contributed by atoms with Crippen LogP contribution in [0.15, 0.2) is 54.7 Å². The van der Waals surface area contributed by atoms with E-state index in [-0.39, 0.29) is 17.5 Å². The van der Waals surface area contributed by atoms with Crippen molar-refractivity contribution >= 4 is 17.5 Å². The van der Waals surface area contributed by atoms with E-state index >= 15 is 0 Å². The third kappa shape index (κ3) is 6.07. The van der Waals surface area contributed by atoms with Gasteiger partial charge in [-0.3, -0.25) is 4.79 Å². The van der Waals surface area contributed by atoms with Crippen LogP contribution in [0, 0.1) is 22.9 Å². The van der Waals surface area contributed by atoms with Crippen molar-refractivity contribution in [2.75, 3.05) is 25.1 Å². The molecule has 0 saturated carbocycles. The zero-order valence-electron chi connectivity index (χ0n) is 21.1. The summed E-state index contributed by atoms with van der Waals surface area (Å²) in [5.41, 5.74) is 1.87. The van der Waals surface area contributed by atoms with Crippen LogP contribution in [0.25, 0.3) is 22.6 Å². The highest BCUT2D eigenvalue weighted by atomic mass is 19.2. The summed E-state index contributed by atoms with van der Waals surface area (Å²) in [4.78, 5) is 27.9. The fraction of sp³-hybridized carbons (Fsp3) is 0.259. The lowest BCUT2D eigenvalue weighted by Gasteiger charge is -2.36. The quantitative estimate of drug-likeness (QED) is 0.307. The molecule has 1 aliphatic heterocycles. The summed E-state index contributed by atoms with van der Waals surface area (Å²) in [5, 5.41) is 5.64. The third-order valence-corrected chi connectivity index (χ3v) is 6.08. The molecule has 1 aliphatic rings. The van der Waals surface area contributed by atoms with Crippen molar-refractivity contribution in [3.63, 3.8) is 0 Å². The summed E-state index contributed by atoms with van der Waals surface area (Å²) < 4.78 is 52.5. The number of ether oxygens (including phenoxy) is 2. The molecule has 1 amide bonds. The molecule has 1 fully saturated rings. The molecular weight excluding hydrogens is 513 g/mol. The molecule has 0 aliphatic carbocycles. The summed E-state index contributed by atoms with van der Waals surface area (Å²) >= 11 is 0. The van der Waals surface area contributed by atoms with E-state index in [1.807, 2.05) is 6.92 Å². The molecule has 3 N–H and O–H groups in total. The monoisotopic (exact) mass is 538 g/mol. The molecule has 12 heteroatoms. The molecule has 2 aromatic heterocycles. The second-order valence-electron chi connectivity index (χ2n) is 9.55. The molecule has 202 valence electrons. The minimum atomic E-state index is -1.01. The number of imidazole rings is 1. The van der Waals surface area contributed by atoms with Crippen LogP contribution < -0.4 is 10.6 Å². The Bertz CT molecular complexity index is 1490. The van der Waals surface area contributed by atoms with Gasteiger partial charge in [0.2, 0.25) is 18.1 Å². The Balaban J connectivity index is 1.44. The lowest BCUT2D eigenvalue weighted by molar-refractivity contribution is -0.232. The normalized spacial score (nSPS) is 19.1. The average Bonchev–Trinajstić information content (AvgIpc) is 3.36. The number of amides is 1. The Hall–Kier alpha value is -4.29. The van der Waals surface area contributed by atoms with Gasteiger partial charge >= 0.3 is 0 Å². The van der Waals surface area contributed by atoms with Gasteiger partial charge in [-0.25, -0.2) is 28.1 Å². The Morgan fingerprint density at radius 1 is 1.05 bits per heavy atom. The highest BCUT2D eigenvalue weighted by Gasteiger charge is 2.35. The molecule has 0 unspecified atom stereocenters. The summed E-state index contributed by atoms with van der Waals surface area (Å²) in [5.74, 6) is -1.99. The van der Waals surface area contributed by atoms with E-state index in [9.17, 15) is 18.0 Å². The number of H-pyrrole nitrogens is 1. The second-order valence-corrected chi connectivity index (χ2v) is 9.55. The minimum Gasteiger partial charge on any atom is -0.356 e. The van der Waals surface area contributed by atoms with Crippen molar-refractivity contribution in [3.8, 4) is 22.6 Å². The van der Waals surface area contributed by atoms with E-state index in [0.29, 0.717) is 48.2 Å². The van der Waals surface area contributed by atoms with Crippen molar-refractivity contribution in [2.24, 2.45) is 5.41 Å². The topological polar surface area (TPSA) is 114 Å². The van der Waals surface area contributed by atoms with Gasteiger partial charge in [0.15, 0.2) is 17.5 Å². The number of aromatic nitrogens is 4. The van der Waals surface area contributed by atoms with Gasteiger partial charge in [-0.15, -0.1) is 0 Å². The Morgan fingerprint density at radius 3 is 2.49 bits per heavy atom. The maximum absolute atomic E-state index is 13.7. The van der Waals surface area contributed by atoms with Crippen molar-refractivity contribution in [1.82, 2.24) is 25.3 Å². The lowest BCUT2D eigenvalue weighted by atomic mass is 9.92. The standard InChI is InChI=1S/C27H25F3N6O3/c1-15(37)32-12-27(2)13-38-25(39-14-27)24-35-22(16-3-5-17(28)6-4-16)23(36-24)21-9-10-31-26(34-21)33-18-7-8-19(29)20(30)11-18/h3-11,25H,12-14H2,1-2H3,(H,32,37)(H,35,36)(H,31,33,34). The maximum Gasteiger partial charge on any atom is 0.227 e. The number of carbonyl (C=O) groups is 1. The first-order valence-corrected chi connectivity index (χ1v) is 12.1. The number of rotatable bonds is 7. The summed E-state index contributed by atoms with van der Waals surface area (Å²) in [6.45, 7) is 4.42. The third-order valence-electron chi connectivity index (χ3n) is 6.08. The van der Waals surface area contributed by atoms with Crippen LogP contribution in [0.4, 0.5) is 24.8 Å². The minimum absolute atomic E-state index is 0.138. The van der Waals surface area contributed by atoms with Crippen LogP contribution in [0.3, 0.4) is 0 Å². The van der Waals surface area contributed by atoms with E-state index in [0.717, 1.165) is 12.1 Å². The first kappa shape index (κ1) is 26.3. The Labute approximate surface area is 221 Å². The van der Waals surface area contributed by atoms with Crippen LogP contribution in [-0.2, 0) is 14.3 Å². The number of hydrogen-bond donors (Lipinski definition) is 3. The largest absolute Gasteiger partial charge is 0.356 e. The maximum atomic E-state index is 13.7. The molecule has 3 heterocycles. The van der Waals surface area contributed by atoms with Crippen molar-refractivity contribution in [1.29, 1.82) is 0 Å². The van der Waals surface area contributed by atoms with E-state index in [1.165, 1.54) is 31.3 Å². The second kappa shape index (κ2) is 10.8. The van der Waals surface area contributed by atoms with Gasteiger partial charge in [0.05, 0.1) is 30.3 Å². The molecule has 2 aromatic carbocycles. The van der Waals surface area contributed by atoms with E-state index in [1.54, 1.807) is 18.2 Å². The van der Waals surface area contributed by atoms with E-state index in [4.69, 9.17) is 14.5 Å². The Kier molecular flexibility index (Phi) is 7.31. The zero-order valence-corrected chi connectivity index (χ0v) is 21.1. The first-order valence-electron chi connectivity index (χ1n) is 12.1. The van der Waals surface area contributed by atoms with Gasteiger partial charge in [-0.05, 0) is 42.5 Å². The number of halogens is 3. The number of benzene rings is 2.